The number of benzene rings is 2. The highest BCUT2D eigenvalue weighted by atomic mass is 35.5. The molecule has 2 aromatic rings. The Balaban J connectivity index is 1.24. The summed E-state index contributed by atoms with van der Waals surface area (Å²) >= 11 is 6.18. The average Bonchev–Trinajstić information content (AvgIpc) is 3.11. The molecule has 0 aromatic heterocycles. The summed E-state index contributed by atoms with van der Waals surface area (Å²) in [5.74, 6) is 0.985. The number of aryl methyl sites for hydroxylation is 1. The van der Waals surface area contributed by atoms with Gasteiger partial charge in [0.2, 0.25) is 0 Å². The van der Waals surface area contributed by atoms with Gasteiger partial charge in [0.05, 0.1) is 5.69 Å². The fraction of sp³-hybridized carbons (Fsp3) is 0.364. The van der Waals surface area contributed by atoms with Crippen molar-refractivity contribution in [2.24, 2.45) is 0 Å². The van der Waals surface area contributed by atoms with E-state index in [9.17, 15) is 0 Å². The molecule has 0 saturated carbocycles. The topological polar surface area (TPSA) is 19.0 Å². The molecule has 2 aromatic carbocycles. The Morgan fingerprint density at radius 3 is 2.59 bits per heavy atom. The number of hydrogen-bond donors (Lipinski definition) is 0. The van der Waals surface area contributed by atoms with Gasteiger partial charge in [0.25, 0.3) is 0 Å². The van der Waals surface area contributed by atoms with E-state index in [-0.39, 0.29) is 0 Å². The number of fused-ring (bicyclic) bond motifs is 1. The van der Waals surface area contributed by atoms with Crippen LogP contribution in [-0.4, -0.2) is 50.9 Å². The average molecular weight is 384 g/mol. The predicted octanol–water partition coefficient (Wildman–Crippen LogP) is 4.18. The van der Waals surface area contributed by atoms with E-state index >= 15 is 0 Å². The monoisotopic (exact) mass is 383 g/mol. The van der Waals surface area contributed by atoms with Crippen LogP contribution in [-0.2, 0) is 0 Å². The fourth-order valence-corrected chi connectivity index (χ4v) is 3.89. The van der Waals surface area contributed by atoms with Crippen LogP contribution in [0.5, 0.6) is 5.75 Å². The summed E-state index contributed by atoms with van der Waals surface area (Å²) in [6.45, 7) is 8.92. The zero-order valence-electron chi connectivity index (χ0n) is 15.8. The zero-order chi connectivity index (χ0) is 18.6. The molecule has 2 heterocycles. The molecule has 4 rings (SSSR count). The van der Waals surface area contributed by atoms with Crippen LogP contribution in [0.15, 0.2) is 54.6 Å². The van der Waals surface area contributed by atoms with Crippen LogP contribution in [0.4, 0.5) is 11.4 Å². The lowest BCUT2D eigenvalue weighted by Gasteiger charge is -2.36. The van der Waals surface area contributed by atoms with Gasteiger partial charge in [0, 0.05) is 50.0 Å². The van der Waals surface area contributed by atoms with Crippen LogP contribution in [0.1, 0.15) is 5.56 Å². The highest BCUT2D eigenvalue weighted by molar-refractivity contribution is 6.30. The summed E-state index contributed by atoms with van der Waals surface area (Å²) in [4.78, 5) is 7.20. The van der Waals surface area contributed by atoms with Crippen LogP contribution in [0.25, 0.3) is 0 Å². The standard InChI is InChI=1S/C22H26ClN3O/c1-18-8-9-19(23)16-21(18)25-14-12-24(13-15-25)10-4-5-11-26-17-27-22-7-3-2-6-20(22)26/h2-9,16H,10-15,17H2,1H3/b5-4+. The first-order valence-corrected chi connectivity index (χ1v) is 9.94. The van der Waals surface area contributed by atoms with Gasteiger partial charge >= 0.3 is 0 Å². The van der Waals surface area contributed by atoms with Gasteiger partial charge < -0.3 is 14.5 Å². The smallest absolute Gasteiger partial charge is 0.162 e. The maximum Gasteiger partial charge on any atom is 0.162 e. The first-order chi connectivity index (χ1) is 13.2. The van der Waals surface area contributed by atoms with Gasteiger partial charge in [-0.05, 0) is 36.8 Å². The van der Waals surface area contributed by atoms with E-state index in [1.165, 1.54) is 16.9 Å². The van der Waals surface area contributed by atoms with Crippen LogP contribution in [0, 0.1) is 6.92 Å². The maximum atomic E-state index is 6.18. The maximum absolute atomic E-state index is 6.18. The Hall–Kier alpha value is -2.17. The lowest BCUT2D eigenvalue weighted by atomic mass is 10.1. The lowest BCUT2D eigenvalue weighted by Crippen LogP contribution is -2.46. The van der Waals surface area contributed by atoms with Crippen LogP contribution in [0.3, 0.4) is 0 Å². The Bertz CT molecular complexity index is 815. The van der Waals surface area contributed by atoms with Crippen LogP contribution in [0.2, 0.25) is 5.02 Å². The minimum absolute atomic E-state index is 0.640. The number of para-hydroxylation sites is 2. The van der Waals surface area contributed by atoms with Gasteiger partial charge in [-0.1, -0.05) is 42.0 Å². The molecule has 4 nitrogen and oxygen atoms in total. The van der Waals surface area contributed by atoms with Crippen molar-refractivity contribution in [3.05, 3.63) is 65.2 Å². The number of anilines is 2. The first kappa shape index (κ1) is 18.2. The molecule has 142 valence electrons. The summed E-state index contributed by atoms with van der Waals surface area (Å²) in [5.41, 5.74) is 3.75. The van der Waals surface area contributed by atoms with E-state index in [1.54, 1.807) is 0 Å². The van der Waals surface area contributed by atoms with Crippen molar-refractivity contribution >= 4 is 23.0 Å². The van der Waals surface area contributed by atoms with Gasteiger partial charge in [-0.2, -0.15) is 0 Å². The van der Waals surface area contributed by atoms with Crippen molar-refractivity contribution < 1.29 is 4.74 Å². The van der Waals surface area contributed by atoms with Gasteiger partial charge in [-0.15, -0.1) is 0 Å². The zero-order valence-corrected chi connectivity index (χ0v) is 16.5. The molecule has 5 heteroatoms. The van der Waals surface area contributed by atoms with Crippen molar-refractivity contribution in [3.8, 4) is 5.75 Å². The molecular formula is C22H26ClN3O. The number of rotatable bonds is 5. The van der Waals surface area contributed by atoms with Gasteiger partial charge in [-0.25, -0.2) is 0 Å². The quantitative estimate of drug-likeness (QED) is 0.721. The minimum Gasteiger partial charge on any atom is -0.471 e. The number of nitrogens with zero attached hydrogens (tertiary/aromatic N) is 3. The molecule has 0 unspecified atom stereocenters. The summed E-state index contributed by atoms with van der Waals surface area (Å²) in [6, 6.07) is 14.4. The Morgan fingerprint density at radius 2 is 1.74 bits per heavy atom. The number of hydrogen-bond acceptors (Lipinski definition) is 4. The third-order valence-corrected chi connectivity index (χ3v) is 5.56. The normalized spacial score (nSPS) is 17.4. The molecule has 0 spiro atoms. The van der Waals surface area contributed by atoms with Gasteiger partial charge in [-0.3, -0.25) is 4.90 Å². The van der Waals surface area contributed by atoms with Crippen LogP contribution >= 0.6 is 11.6 Å². The van der Waals surface area contributed by atoms with E-state index in [4.69, 9.17) is 16.3 Å². The Kier molecular flexibility index (Phi) is 5.55. The van der Waals surface area contributed by atoms with E-state index in [2.05, 4.69) is 58.0 Å². The van der Waals surface area contributed by atoms with Crippen molar-refractivity contribution in [1.82, 2.24) is 4.90 Å². The fourth-order valence-electron chi connectivity index (χ4n) is 3.73. The number of ether oxygens (including phenoxy) is 1. The second-order valence-corrected chi connectivity index (χ2v) is 7.59. The molecule has 2 aliphatic heterocycles. The van der Waals surface area contributed by atoms with Gasteiger partial charge in [0.15, 0.2) is 6.73 Å². The third-order valence-electron chi connectivity index (χ3n) is 5.32. The molecule has 2 aliphatic rings. The summed E-state index contributed by atoms with van der Waals surface area (Å²) in [7, 11) is 0. The Labute approximate surface area is 166 Å². The summed E-state index contributed by atoms with van der Waals surface area (Å²) in [6.07, 6.45) is 4.53. The highest BCUT2D eigenvalue weighted by Gasteiger charge is 2.19. The van der Waals surface area contributed by atoms with Crippen LogP contribution < -0.4 is 14.5 Å². The molecule has 0 radical (unpaired) electrons. The van der Waals surface area contributed by atoms with Crippen molar-refractivity contribution in [2.75, 3.05) is 55.8 Å². The Morgan fingerprint density at radius 1 is 0.963 bits per heavy atom. The van der Waals surface area contributed by atoms with Crippen molar-refractivity contribution in [1.29, 1.82) is 0 Å². The second kappa shape index (κ2) is 8.24. The molecule has 1 saturated heterocycles. The van der Waals surface area contributed by atoms with E-state index in [0.717, 1.165) is 50.0 Å². The molecule has 0 aliphatic carbocycles. The highest BCUT2D eigenvalue weighted by Crippen LogP contribution is 2.32. The molecule has 0 N–H and O–H groups in total. The molecule has 0 amide bonds. The van der Waals surface area contributed by atoms with Gasteiger partial charge in [0.1, 0.15) is 5.75 Å². The molecular weight excluding hydrogens is 358 g/mol. The largest absolute Gasteiger partial charge is 0.471 e. The molecule has 27 heavy (non-hydrogen) atoms. The van der Waals surface area contributed by atoms with E-state index in [1.807, 2.05) is 18.2 Å². The second-order valence-electron chi connectivity index (χ2n) is 7.15. The van der Waals surface area contributed by atoms with E-state index in [0.29, 0.717) is 6.73 Å². The molecule has 1 fully saturated rings. The van der Waals surface area contributed by atoms with Crippen molar-refractivity contribution in [2.45, 2.75) is 6.92 Å². The van der Waals surface area contributed by atoms with Crippen molar-refractivity contribution in [3.63, 3.8) is 0 Å². The summed E-state index contributed by atoms with van der Waals surface area (Å²) < 4.78 is 5.70. The third kappa shape index (κ3) is 4.23. The number of piperazine rings is 1. The lowest BCUT2D eigenvalue weighted by molar-refractivity contribution is 0.283. The first-order valence-electron chi connectivity index (χ1n) is 9.56. The predicted molar refractivity (Wildman–Crippen MR) is 113 cm³/mol. The van der Waals surface area contributed by atoms with E-state index < -0.39 is 0 Å². The molecule has 0 atom stereocenters. The number of halogens is 1. The molecule has 0 bridgehead atoms. The minimum atomic E-state index is 0.640. The SMILES string of the molecule is Cc1ccc(Cl)cc1N1CCN(C/C=C/CN2COc3ccccc32)CC1. The summed E-state index contributed by atoms with van der Waals surface area (Å²) in [5, 5.41) is 0.813.